The van der Waals surface area contributed by atoms with Crippen LogP contribution in [0, 0.1) is 6.92 Å². The molecular formula is C16H17NO2S. The van der Waals surface area contributed by atoms with Crippen LogP contribution in [0.5, 0.6) is 5.75 Å². The number of hydrogen-bond acceptors (Lipinski definition) is 3. The van der Waals surface area contributed by atoms with Crippen molar-refractivity contribution in [2.75, 3.05) is 6.61 Å². The largest absolute Gasteiger partial charge is 0.492 e. The average Bonchev–Trinajstić information content (AvgIpc) is 2.48. The van der Waals surface area contributed by atoms with E-state index in [1.54, 1.807) is 0 Å². The molecule has 0 spiro atoms. The van der Waals surface area contributed by atoms with Crippen LogP contribution in [0.15, 0.2) is 53.4 Å². The van der Waals surface area contributed by atoms with Gasteiger partial charge in [-0.05, 0) is 25.1 Å². The first-order valence-corrected chi connectivity index (χ1v) is 7.82. The highest BCUT2D eigenvalue weighted by Crippen LogP contribution is 2.33. The Morgan fingerprint density at radius 2 is 1.85 bits per heavy atom. The van der Waals surface area contributed by atoms with Gasteiger partial charge in [-0.15, -0.1) is 0 Å². The molecule has 4 heteroatoms. The van der Waals surface area contributed by atoms with Gasteiger partial charge >= 0.3 is 0 Å². The van der Waals surface area contributed by atoms with E-state index in [2.05, 4.69) is 0 Å². The van der Waals surface area contributed by atoms with E-state index in [1.807, 2.05) is 55.5 Å². The van der Waals surface area contributed by atoms with E-state index < -0.39 is 10.8 Å². The van der Waals surface area contributed by atoms with Gasteiger partial charge in [-0.3, -0.25) is 4.21 Å². The third kappa shape index (κ3) is 2.37. The Kier molecular flexibility index (Phi) is 3.59. The third-order valence-electron chi connectivity index (χ3n) is 3.61. The second kappa shape index (κ2) is 5.38. The molecule has 0 aliphatic carbocycles. The smallest absolute Gasteiger partial charge is 0.124 e. The van der Waals surface area contributed by atoms with Gasteiger partial charge in [-0.25, -0.2) is 0 Å². The molecule has 1 heterocycles. The van der Waals surface area contributed by atoms with Crippen molar-refractivity contribution in [2.45, 2.75) is 23.1 Å². The van der Waals surface area contributed by atoms with E-state index in [0.717, 1.165) is 21.8 Å². The molecule has 0 saturated heterocycles. The van der Waals surface area contributed by atoms with Crippen molar-refractivity contribution in [1.29, 1.82) is 0 Å². The summed E-state index contributed by atoms with van der Waals surface area (Å²) in [5.74, 6) is 0.803. The lowest BCUT2D eigenvalue weighted by atomic mass is 10.0. The fourth-order valence-corrected chi connectivity index (χ4v) is 3.76. The van der Waals surface area contributed by atoms with Gasteiger partial charge in [0.15, 0.2) is 0 Å². The van der Waals surface area contributed by atoms with Gasteiger partial charge in [0.2, 0.25) is 0 Å². The van der Waals surface area contributed by atoms with Crippen molar-refractivity contribution in [2.24, 2.45) is 5.73 Å². The highest BCUT2D eigenvalue weighted by molar-refractivity contribution is 7.85. The highest BCUT2D eigenvalue weighted by Gasteiger charge is 2.32. The minimum atomic E-state index is -1.17. The topological polar surface area (TPSA) is 52.3 Å². The molecule has 3 rings (SSSR count). The van der Waals surface area contributed by atoms with Crippen LogP contribution in [-0.2, 0) is 10.8 Å². The molecule has 20 heavy (non-hydrogen) atoms. The maximum atomic E-state index is 12.7. The van der Waals surface area contributed by atoms with Crippen LogP contribution in [0.3, 0.4) is 0 Å². The van der Waals surface area contributed by atoms with Crippen molar-refractivity contribution in [3.8, 4) is 5.75 Å². The maximum absolute atomic E-state index is 12.7. The van der Waals surface area contributed by atoms with Crippen molar-refractivity contribution in [1.82, 2.24) is 0 Å². The number of nitrogens with two attached hydrogens (primary N) is 1. The van der Waals surface area contributed by atoms with Crippen molar-refractivity contribution in [3.63, 3.8) is 0 Å². The first-order chi connectivity index (χ1) is 9.66. The molecule has 3 unspecified atom stereocenters. The van der Waals surface area contributed by atoms with Gasteiger partial charge in [0.25, 0.3) is 0 Å². The summed E-state index contributed by atoms with van der Waals surface area (Å²) in [7, 11) is -1.17. The molecule has 0 amide bonds. The molecule has 0 saturated carbocycles. The van der Waals surface area contributed by atoms with Crippen LogP contribution in [-0.4, -0.2) is 16.1 Å². The number of aryl methyl sites for hydroxylation is 1. The molecule has 0 aromatic heterocycles. The Morgan fingerprint density at radius 1 is 1.15 bits per heavy atom. The molecule has 1 aliphatic rings. The molecule has 0 radical (unpaired) electrons. The lowest BCUT2D eigenvalue weighted by Gasteiger charge is -2.30. The van der Waals surface area contributed by atoms with Gasteiger partial charge in [0.05, 0.1) is 22.1 Å². The zero-order chi connectivity index (χ0) is 14.1. The molecule has 0 fully saturated rings. The van der Waals surface area contributed by atoms with Crippen LogP contribution in [0.4, 0.5) is 0 Å². The quantitative estimate of drug-likeness (QED) is 0.923. The molecule has 3 atom stereocenters. The number of fused-ring (bicyclic) bond motifs is 1. The van der Waals surface area contributed by atoms with Gasteiger partial charge in [0, 0.05) is 10.5 Å². The fraction of sp³-hybridized carbons (Fsp3) is 0.250. The predicted octanol–water partition coefficient (Wildman–Crippen LogP) is 2.56. The van der Waals surface area contributed by atoms with Gasteiger partial charge in [-0.2, -0.15) is 0 Å². The Morgan fingerprint density at radius 3 is 2.60 bits per heavy atom. The first kappa shape index (κ1) is 13.3. The number of hydrogen-bond donors (Lipinski definition) is 1. The zero-order valence-electron chi connectivity index (χ0n) is 11.3. The number of para-hydroxylation sites is 1. The Labute approximate surface area is 121 Å². The molecule has 3 nitrogen and oxygen atoms in total. The maximum Gasteiger partial charge on any atom is 0.124 e. The van der Waals surface area contributed by atoms with E-state index in [1.165, 1.54) is 0 Å². The number of ether oxygens (including phenoxy) is 1. The van der Waals surface area contributed by atoms with Gasteiger partial charge in [0.1, 0.15) is 12.4 Å². The molecule has 2 aromatic rings. The van der Waals surface area contributed by atoms with Crippen LogP contribution in [0.25, 0.3) is 0 Å². The summed E-state index contributed by atoms with van der Waals surface area (Å²) in [5.41, 5.74) is 8.37. The summed E-state index contributed by atoms with van der Waals surface area (Å²) in [6.07, 6.45) is 0. The first-order valence-electron chi connectivity index (χ1n) is 6.61. The Bertz CT molecular complexity index is 639. The second-order valence-corrected chi connectivity index (χ2v) is 6.70. The van der Waals surface area contributed by atoms with E-state index in [-0.39, 0.29) is 11.3 Å². The van der Waals surface area contributed by atoms with E-state index in [9.17, 15) is 4.21 Å². The van der Waals surface area contributed by atoms with Crippen molar-refractivity contribution in [3.05, 3.63) is 59.7 Å². The summed E-state index contributed by atoms with van der Waals surface area (Å²) in [5, 5.41) is -0.215. The van der Waals surface area contributed by atoms with Crippen LogP contribution >= 0.6 is 0 Å². The molecule has 0 bridgehead atoms. The van der Waals surface area contributed by atoms with Crippen molar-refractivity contribution >= 4 is 10.8 Å². The number of benzene rings is 2. The summed E-state index contributed by atoms with van der Waals surface area (Å²) in [6.45, 7) is 2.40. The minimum absolute atomic E-state index is 0.215. The Balaban J connectivity index is 1.89. The normalized spacial score (nSPS) is 22.7. The summed E-state index contributed by atoms with van der Waals surface area (Å²) >= 11 is 0. The van der Waals surface area contributed by atoms with E-state index in [0.29, 0.717) is 6.61 Å². The minimum Gasteiger partial charge on any atom is -0.492 e. The molecule has 104 valence electrons. The second-order valence-electron chi connectivity index (χ2n) is 5.02. The monoisotopic (exact) mass is 287 g/mol. The lowest BCUT2D eigenvalue weighted by Crippen LogP contribution is -2.39. The molecule has 1 aliphatic heterocycles. The SMILES string of the molecule is Cc1ccc(S(=O)C2COc3ccccc3C2N)cc1. The predicted molar refractivity (Wildman–Crippen MR) is 80.2 cm³/mol. The molecule has 2 N–H and O–H groups in total. The fourth-order valence-electron chi connectivity index (χ4n) is 2.41. The van der Waals surface area contributed by atoms with Gasteiger partial charge < -0.3 is 10.5 Å². The highest BCUT2D eigenvalue weighted by atomic mass is 32.2. The Hall–Kier alpha value is -1.65. The van der Waals surface area contributed by atoms with Gasteiger partial charge in [-0.1, -0.05) is 35.9 Å². The lowest BCUT2D eigenvalue weighted by molar-refractivity contribution is 0.273. The molecule has 2 aromatic carbocycles. The molecular weight excluding hydrogens is 270 g/mol. The average molecular weight is 287 g/mol. The van der Waals surface area contributed by atoms with Crippen LogP contribution in [0.1, 0.15) is 17.2 Å². The van der Waals surface area contributed by atoms with Crippen LogP contribution in [0.2, 0.25) is 0 Å². The van der Waals surface area contributed by atoms with Crippen LogP contribution < -0.4 is 10.5 Å². The van der Waals surface area contributed by atoms with Crippen molar-refractivity contribution < 1.29 is 8.95 Å². The van der Waals surface area contributed by atoms with E-state index in [4.69, 9.17) is 10.5 Å². The van der Waals surface area contributed by atoms with E-state index >= 15 is 0 Å². The summed E-state index contributed by atoms with van der Waals surface area (Å²) in [4.78, 5) is 0.805. The standard InChI is InChI=1S/C16H17NO2S/c1-11-6-8-12(9-7-11)20(18)15-10-19-14-5-3-2-4-13(14)16(15)17/h2-9,15-16H,10,17H2,1H3. The third-order valence-corrected chi connectivity index (χ3v) is 5.33. The summed E-state index contributed by atoms with van der Waals surface area (Å²) < 4.78 is 18.4. The zero-order valence-corrected chi connectivity index (χ0v) is 12.1. The number of rotatable bonds is 2. The summed E-state index contributed by atoms with van der Waals surface area (Å²) in [6, 6.07) is 15.2.